The zero-order valence-corrected chi connectivity index (χ0v) is 14.2. The molecule has 4 nitrogen and oxygen atoms in total. The van der Waals surface area contributed by atoms with E-state index in [0.29, 0.717) is 12.3 Å². The van der Waals surface area contributed by atoms with Crippen LogP contribution in [0.2, 0.25) is 0 Å². The highest BCUT2D eigenvalue weighted by Gasteiger charge is 2.16. The number of pyridine rings is 1. The number of aromatic nitrogens is 1. The average molecular weight is 312 g/mol. The summed E-state index contributed by atoms with van der Waals surface area (Å²) in [6.45, 7) is 8.71. The smallest absolute Gasteiger partial charge is 0.261 e. The van der Waals surface area contributed by atoms with Crippen molar-refractivity contribution in [1.82, 2.24) is 10.3 Å². The molecule has 2 aromatic rings. The van der Waals surface area contributed by atoms with Gasteiger partial charge in [-0.25, -0.2) is 0 Å². The molecule has 0 spiro atoms. The standard InChI is InChI=1S/C19H24N2O2/c1-14(18(22)21-13-15-9-11-20-12-10-15)23-17-7-5-16(6-8-17)19(2,3)4/h5-12,14H,13H2,1-4H3,(H,21,22)/t14-/m0/s1. The second-order valence-corrected chi connectivity index (χ2v) is 6.61. The molecule has 0 radical (unpaired) electrons. The Morgan fingerprint density at radius 2 is 1.74 bits per heavy atom. The van der Waals surface area contributed by atoms with Crippen LogP contribution >= 0.6 is 0 Å². The van der Waals surface area contributed by atoms with Crippen molar-refractivity contribution in [2.24, 2.45) is 0 Å². The molecule has 122 valence electrons. The first kappa shape index (κ1) is 17.0. The molecule has 1 aromatic carbocycles. The van der Waals surface area contributed by atoms with Crippen molar-refractivity contribution in [2.75, 3.05) is 0 Å². The number of ether oxygens (including phenoxy) is 1. The summed E-state index contributed by atoms with van der Waals surface area (Å²) in [7, 11) is 0. The van der Waals surface area contributed by atoms with E-state index in [-0.39, 0.29) is 11.3 Å². The summed E-state index contributed by atoms with van der Waals surface area (Å²) in [4.78, 5) is 16.0. The van der Waals surface area contributed by atoms with E-state index in [1.165, 1.54) is 5.56 Å². The first-order valence-electron chi connectivity index (χ1n) is 7.80. The number of carbonyl (C=O) groups excluding carboxylic acids is 1. The molecule has 0 bridgehead atoms. The maximum absolute atomic E-state index is 12.1. The number of carbonyl (C=O) groups is 1. The van der Waals surface area contributed by atoms with Gasteiger partial charge in [0.25, 0.3) is 5.91 Å². The first-order chi connectivity index (χ1) is 10.9. The van der Waals surface area contributed by atoms with Crippen LogP contribution in [0.25, 0.3) is 0 Å². The van der Waals surface area contributed by atoms with Gasteiger partial charge in [0, 0.05) is 18.9 Å². The fourth-order valence-electron chi connectivity index (χ4n) is 2.12. The molecule has 1 heterocycles. The molecule has 0 saturated heterocycles. The molecule has 23 heavy (non-hydrogen) atoms. The second kappa shape index (κ2) is 7.27. The van der Waals surface area contributed by atoms with E-state index < -0.39 is 6.10 Å². The number of nitrogens with one attached hydrogen (secondary N) is 1. The number of hydrogen-bond acceptors (Lipinski definition) is 3. The van der Waals surface area contributed by atoms with E-state index >= 15 is 0 Å². The summed E-state index contributed by atoms with van der Waals surface area (Å²) >= 11 is 0. The Hall–Kier alpha value is -2.36. The van der Waals surface area contributed by atoms with Crippen molar-refractivity contribution in [2.45, 2.75) is 45.8 Å². The van der Waals surface area contributed by atoms with Gasteiger partial charge in [0.2, 0.25) is 0 Å². The average Bonchev–Trinajstić information content (AvgIpc) is 2.53. The predicted molar refractivity (Wildman–Crippen MR) is 91.3 cm³/mol. The molecule has 2 rings (SSSR count). The van der Waals surface area contributed by atoms with Gasteiger partial charge < -0.3 is 10.1 Å². The highest BCUT2D eigenvalue weighted by molar-refractivity contribution is 5.80. The van der Waals surface area contributed by atoms with Crippen LogP contribution in [0.1, 0.15) is 38.8 Å². The summed E-state index contributed by atoms with van der Waals surface area (Å²) in [6, 6.07) is 11.6. The van der Waals surface area contributed by atoms with E-state index in [4.69, 9.17) is 4.74 Å². The molecule has 0 aliphatic heterocycles. The van der Waals surface area contributed by atoms with Crippen LogP contribution in [0.3, 0.4) is 0 Å². The lowest BCUT2D eigenvalue weighted by molar-refractivity contribution is -0.127. The maximum Gasteiger partial charge on any atom is 0.261 e. The molecule has 0 aliphatic rings. The Morgan fingerprint density at radius 3 is 2.30 bits per heavy atom. The van der Waals surface area contributed by atoms with Crippen LogP contribution in [0.4, 0.5) is 0 Å². The van der Waals surface area contributed by atoms with Gasteiger partial charge in [-0.1, -0.05) is 32.9 Å². The van der Waals surface area contributed by atoms with Gasteiger partial charge in [-0.15, -0.1) is 0 Å². The van der Waals surface area contributed by atoms with Gasteiger partial charge >= 0.3 is 0 Å². The SMILES string of the molecule is C[C@H](Oc1ccc(C(C)(C)C)cc1)C(=O)NCc1ccncc1. The van der Waals surface area contributed by atoms with Gasteiger partial charge in [-0.3, -0.25) is 9.78 Å². The fraction of sp³-hybridized carbons (Fsp3) is 0.368. The fourth-order valence-corrected chi connectivity index (χ4v) is 2.12. The Balaban J connectivity index is 1.88. The van der Waals surface area contributed by atoms with Crippen molar-refractivity contribution in [3.8, 4) is 5.75 Å². The Labute approximate surface area is 137 Å². The lowest BCUT2D eigenvalue weighted by Crippen LogP contribution is -2.35. The third-order valence-electron chi connectivity index (χ3n) is 3.62. The van der Waals surface area contributed by atoms with Crippen LogP contribution in [0, 0.1) is 0 Å². The van der Waals surface area contributed by atoms with Crippen molar-refractivity contribution in [3.05, 3.63) is 59.9 Å². The summed E-state index contributed by atoms with van der Waals surface area (Å²) in [5.41, 5.74) is 2.35. The molecule has 1 N–H and O–H groups in total. The normalized spacial score (nSPS) is 12.5. The van der Waals surface area contributed by atoms with E-state index in [2.05, 4.69) is 31.1 Å². The topological polar surface area (TPSA) is 51.2 Å². The highest BCUT2D eigenvalue weighted by atomic mass is 16.5. The predicted octanol–water partition coefficient (Wildman–Crippen LogP) is 3.46. The first-order valence-corrected chi connectivity index (χ1v) is 7.80. The summed E-state index contributed by atoms with van der Waals surface area (Å²) in [5.74, 6) is 0.561. The Morgan fingerprint density at radius 1 is 1.13 bits per heavy atom. The molecule has 1 amide bonds. The maximum atomic E-state index is 12.1. The van der Waals surface area contributed by atoms with Crippen molar-refractivity contribution >= 4 is 5.91 Å². The number of benzene rings is 1. The lowest BCUT2D eigenvalue weighted by atomic mass is 9.87. The minimum atomic E-state index is -0.544. The number of amides is 1. The molecule has 0 aliphatic carbocycles. The molecule has 1 aromatic heterocycles. The van der Waals surface area contributed by atoms with Gasteiger partial charge in [-0.05, 0) is 47.7 Å². The molecule has 4 heteroatoms. The molecule has 0 fully saturated rings. The van der Waals surface area contributed by atoms with Gasteiger partial charge in [0.1, 0.15) is 5.75 Å². The minimum absolute atomic E-state index is 0.103. The monoisotopic (exact) mass is 312 g/mol. The summed E-state index contributed by atoms with van der Waals surface area (Å²) in [6.07, 6.45) is 2.87. The molecular weight excluding hydrogens is 288 g/mol. The second-order valence-electron chi connectivity index (χ2n) is 6.61. The molecule has 0 saturated carbocycles. The quantitative estimate of drug-likeness (QED) is 0.920. The highest BCUT2D eigenvalue weighted by Crippen LogP contribution is 2.24. The largest absolute Gasteiger partial charge is 0.481 e. The third-order valence-corrected chi connectivity index (χ3v) is 3.62. The van der Waals surface area contributed by atoms with Crippen LogP contribution < -0.4 is 10.1 Å². The molecule has 0 unspecified atom stereocenters. The van der Waals surface area contributed by atoms with E-state index in [9.17, 15) is 4.79 Å². The van der Waals surface area contributed by atoms with E-state index in [1.807, 2.05) is 36.4 Å². The molecular formula is C19H24N2O2. The van der Waals surface area contributed by atoms with Crippen LogP contribution in [-0.2, 0) is 16.8 Å². The third kappa shape index (κ3) is 5.09. The molecule has 1 atom stereocenters. The van der Waals surface area contributed by atoms with Crippen molar-refractivity contribution in [1.29, 1.82) is 0 Å². The Kier molecular flexibility index (Phi) is 5.37. The van der Waals surface area contributed by atoms with Crippen LogP contribution in [0.5, 0.6) is 5.75 Å². The van der Waals surface area contributed by atoms with E-state index in [0.717, 1.165) is 5.56 Å². The number of nitrogens with zero attached hydrogens (tertiary/aromatic N) is 1. The zero-order chi connectivity index (χ0) is 16.9. The number of hydrogen-bond donors (Lipinski definition) is 1. The Bertz CT molecular complexity index is 631. The van der Waals surface area contributed by atoms with Crippen LogP contribution in [0.15, 0.2) is 48.8 Å². The number of rotatable bonds is 5. The minimum Gasteiger partial charge on any atom is -0.481 e. The van der Waals surface area contributed by atoms with E-state index in [1.54, 1.807) is 19.3 Å². The zero-order valence-electron chi connectivity index (χ0n) is 14.2. The summed E-state index contributed by atoms with van der Waals surface area (Å²) < 4.78 is 5.71. The van der Waals surface area contributed by atoms with Crippen molar-refractivity contribution < 1.29 is 9.53 Å². The van der Waals surface area contributed by atoms with Gasteiger partial charge in [-0.2, -0.15) is 0 Å². The van der Waals surface area contributed by atoms with Crippen molar-refractivity contribution in [3.63, 3.8) is 0 Å². The van der Waals surface area contributed by atoms with Crippen LogP contribution in [-0.4, -0.2) is 17.0 Å². The van der Waals surface area contributed by atoms with Gasteiger partial charge in [0.15, 0.2) is 6.10 Å². The summed E-state index contributed by atoms with van der Waals surface area (Å²) in [5, 5.41) is 2.86. The van der Waals surface area contributed by atoms with Gasteiger partial charge in [0.05, 0.1) is 0 Å². The lowest BCUT2D eigenvalue weighted by Gasteiger charge is -2.20.